The number of esters is 1. The molecule has 0 fully saturated rings. The first-order valence-corrected chi connectivity index (χ1v) is 10.0. The van der Waals surface area contributed by atoms with Crippen molar-refractivity contribution in [1.29, 1.82) is 0 Å². The van der Waals surface area contributed by atoms with Crippen LogP contribution in [0, 0.1) is 6.92 Å². The molecule has 0 atom stereocenters. The van der Waals surface area contributed by atoms with Crippen LogP contribution in [0.1, 0.15) is 27.2 Å². The van der Waals surface area contributed by atoms with Gasteiger partial charge in [-0.25, -0.2) is 4.79 Å². The van der Waals surface area contributed by atoms with E-state index >= 15 is 0 Å². The summed E-state index contributed by atoms with van der Waals surface area (Å²) in [6.07, 6.45) is 0.879. The Kier molecular flexibility index (Phi) is 5.67. The number of carbonyl (C=O) groups excluding carboxylic acids is 1. The van der Waals surface area contributed by atoms with Crippen molar-refractivity contribution in [2.75, 3.05) is 18.4 Å². The van der Waals surface area contributed by atoms with Crippen LogP contribution in [0.15, 0.2) is 58.0 Å². The molecular weight excluding hydrogens is 390 g/mol. The van der Waals surface area contributed by atoms with Crippen LogP contribution in [-0.2, 0) is 17.8 Å². The summed E-state index contributed by atoms with van der Waals surface area (Å²) in [5.41, 5.74) is 3.46. The molecule has 3 aromatic rings. The lowest BCUT2D eigenvalue weighted by Gasteiger charge is -2.14. The van der Waals surface area contributed by atoms with Gasteiger partial charge in [-0.15, -0.1) is 0 Å². The molecule has 0 aliphatic carbocycles. The molecule has 2 heterocycles. The Morgan fingerprint density at radius 1 is 1.17 bits per heavy atom. The van der Waals surface area contributed by atoms with Crippen molar-refractivity contribution in [3.63, 3.8) is 0 Å². The van der Waals surface area contributed by atoms with Gasteiger partial charge in [0.05, 0.1) is 25.0 Å². The summed E-state index contributed by atoms with van der Waals surface area (Å²) in [7, 11) is 1.37. The molecule has 7 heteroatoms. The summed E-state index contributed by atoms with van der Waals surface area (Å²) in [5.74, 6) is 2.05. The fourth-order valence-electron chi connectivity index (χ4n) is 2.99. The van der Waals surface area contributed by atoms with Crippen LogP contribution in [0.25, 0.3) is 0 Å². The molecule has 6 nitrogen and oxygen atoms in total. The van der Waals surface area contributed by atoms with Crippen molar-refractivity contribution in [2.45, 2.75) is 25.0 Å². The smallest absolute Gasteiger partial charge is 0.337 e. The minimum absolute atomic E-state index is 0.357. The highest BCUT2D eigenvalue weighted by atomic mass is 32.2. The van der Waals surface area contributed by atoms with Crippen LogP contribution in [0.2, 0.25) is 0 Å². The number of ether oxygens (including phenoxy) is 3. The van der Waals surface area contributed by atoms with Crippen LogP contribution < -0.4 is 14.2 Å². The van der Waals surface area contributed by atoms with Gasteiger partial charge in [-0.2, -0.15) is 0 Å². The topological polar surface area (TPSA) is 69.9 Å². The number of aryl methyl sites for hydroxylation is 1. The Hall–Kier alpha value is -3.06. The maximum absolute atomic E-state index is 11.6. The molecule has 0 saturated heterocycles. The molecular formula is C22H21NO5S. The van der Waals surface area contributed by atoms with Gasteiger partial charge in [0.25, 0.3) is 0 Å². The second-order valence-electron chi connectivity index (χ2n) is 6.60. The third-order valence-electron chi connectivity index (χ3n) is 4.54. The molecule has 1 aliphatic heterocycles. The lowest BCUT2D eigenvalue weighted by Crippen LogP contribution is -2.02. The quantitative estimate of drug-likeness (QED) is 0.433. The minimum Gasteiger partial charge on any atom is -0.493 e. The summed E-state index contributed by atoms with van der Waals surface area (Å²) < 4.78 is 25.4. The van der Waals surface area contributed by atoms with Crippen LogP contribution in [0.3, 0.4) is 0 Å². The Morgan fingerprint density at radius 3 is 2.72 bits per heavy atom. The Balaban J connectivity index is 1.48. The second-order valence-corrected chi connectivity index (χ2v) is 7.41. The second kappa shape index (κ2) is 8.53. The standard InChI is InChI=1S/C22H21NO5S/c1-14-3-8-21(28-14)29-23-18-11-17-9-10-26-19(17)12-20(18)27-13-15-4-6-16(7-5-15)22(24)25-2/h3-8,11-12,23H,9-10,13H2,1-2H3. The molecule has 0 saturated carbocycles. The van der Waals surface area contributed by atoms with Crippen molar-refractivity contribution < 1.29 is 23.4 Å². The van der Waals surface area contributed by atoms with Crippen LogP contribution in [-0.4, -0.2) is 19.7 Å². The molecule has 1 aliphatic rings. The largest absolute Gasteiger partial charge is 0.493 e. The van der Waals surface area contributed by atoms with Gasteiger partial charge in [0.15, 0.2) is 5.09 Å². The average Bonchev–Trinajstić information content (AvgIpc) is 3.38. The SMILES string of the molecule is COC(=O)c1ccc(COc2cc3c(cc2NSc2ccc(C)o2)CCO3)cc1. The van der Waals surface area contributed by atoms with Crippen molar-refractivity contribution in [3.05, 3.63) is 71.0 Å². The molecule has 1 aromatic heterocycles. The molecule has 4 rings (SSSR count). The van der Waals surface area contributed by atoms with Gasteiger partial charge < -0.3 is 23.3 Å². The van der Waals surface area contributed by atoms with E-state index in [0.717, 1.165) is 39.8 Å². The number of hydrogen-bond donors (Lipinski definition) is 1. The number of hydrogen-bond acceptors (Lipinski definition) is 7. The molecule has 0 unspecified atom stereocenters. The predicted molar refractivity (Wildman–Crippen MR) is 111 cm³/mol. The highest BCUT2D eigenvalue weighted by Gasteiger charge is 2.18. The number of carbonyl (C=O) groups is 1. The number of nitrogens with one attached hydrogen (secondary N) is 1. The molecule has 0 bridgehead atoms. The lowest BCUT2D eigenvalue weighted by atomic mass is 10.1. The first-order valence-electron chi connectivity index (χ1n) is 9.21. The van der Waals surface area contributed by atoms with E-state index in [1.807, 2.05) is 37.3 Å². The number of benzene rings is 2. The van der Waals surface area contributed by atoms with E-state index in [1.165, 1.54) is 19.1 Å². The molecule has 0 radical (unpaired) electrons. The van der Waals surface area contributed by atoms with E-state index in [1.54, 1.807) is 12.1 Å². The van der Waals surface area contributed by atoms with E-state index in [9.17, 15) is 4.79 Å². The third kappa shape index (κ3) is 4.51. The van der Waals surface area contributed by atoms with E-state index < -0.39 is 0 Å². The fourth-order valence-corrected chi connectivity index (χ4v) is 3.67. The number of methoxy groups -OCH3 is 1. The third-order valence-corrected chi connectivity index (χ3v) is 5.28. The van der Waals surface area contributed by atoms with Gasteiger partial charge in [0.1, 0.15) is 23.9 Å². The van der Waals surface area contributed by atoms with Gasteiger partial charge in [-0.05, 0) is 48.4 Å². The normalized spacial score (nSPS) is 12.2. The zero-order valence-electron chi connectivity index (χ0n) is 16.2. The van der Waals surface area contributed by atoms with Gasteiger partial charge in [0.2, 0.25) is 0 Å². The molecule has 29 heavy (non-hydrogen) atoms. The zero-order valence-corrected chi connectivity index (χ0v) is 17.0. The average molecular weight is 411 g/mol. The molecule has 150 valence electrons. The van der Waals surface area contributed by atoms with Crippen molar-refractivity contribution in [3.8, 4) is 11.5 Å². The summed E-state index contributed by atoms with van der Waals surface area (Å²) in [6, 6.07) is 15.0. The van der Waals surface area contributed by atoms with E-state index in [0.29, 0.717) is 24.5 Å². The van der Waals surface area contributed by atoms with E-state index in [2.05, 4.69) is 10.8 Å². The van der Waals surface area contributed by atoms with Crippen LogP contribution >= 0.6 is 11.9 Å². The van der Waals surface area contributed by atoms with Gasteiger partial charge in [-0.1, -0.05) is 12.1 Å². The van der Waals surface area contributed by atoms with Gasteiger partial charge >= 0.3 is 5.97 Å². The molecule has 0 amide bonds. The highest BCUT2D eigenvalue weighted by Crippen LogP contribution is 2.38. The number of rotatable bonds is 7. The van der Waals surface area contributed by atoms with E-state index in [4.69, 9.17) is 18.6 Å². The van der Waals surface area contributed by atoms with Gasteiger partial charge in [-0.3, -0.25) is 0 Å². The minimum atomic E-state index is -0.357. The van der Waals surface area contributed by atoms with Crippen LogP contribution in [0.4, 0.5) is 5.69 Å². The first kappa shape index (κ1) is 19.3. The first-order chi connectivity index (χ1) is 14.1. The maximum atomic E-state index is 11.6. The van der Waals surface area contributed by atoms with Crippen molar-refractivity contribution in [2.24, 2.45) is 0 Å². The summed E-state index contributed by atoms with van der Waals surface area (Å²) >= 11 is 1.39. The molecule has 0 spiro atoms. The number of fused-ring (bicyclic) bond motifs is 1. The number of furan rings is 1. The molecule has 1 N–H and O–H groups in total. The summed E-state index contributed by atoms with van der Waals surface area (Å²) in [5, 5.41) is 0.781. The van der Waals surface area contributed by atoms with Gasteiger partial charge in [0, 0.05) is 24.4 Å². The fraction of sp³-hybridized carbons (Fsp3) is 0.227. The Labute approximate surface area is 173 Å². The van der Waals surface area contributed by atoms with Crippen LogP contribution in [0.5, 0.6) is 11.5 Å². The monoisotopic (exact) mass is 411 g/mol. The highest BCUT2D eigenvalue weighted by molar-refractivity contribution is 8.00. The maximum Gasteiger partial charge on any atom is 0.337 e. The number of anilines is 1. The predicted octanol–water partition coefficient (Wildman–Crippen LogP) is 5.01. The zero-order chi connectivity index (χ0) is 20.2. The van der Waals surface area contributed by atoms with Crippen molar-refractivity contribution in [1.82, 2.24) is 0 Å². The summed E-state index contributed by atoms with van der Waals surface area (Å²) in [6.45, 7) is 2.95. The van der Waals surface area contributed by atoms with Crippen molar-refractivity contribution >= 4 is 23.6 Å². The molecule has 2 aromatic carbocycles. The Bertz CT molecular complexity index is 1010. The van der Waals surface area contributed by atoms with E-state index in [-0.39, 0.29) is 5.97 Å². The Morgan fingerprint density at radius 2 is 2.00 bits per heavy atom. The lowest BCUT2D eigenvalue weighted by molar-refractivity contribution is 0.0600. The summed E-state index contributed by atoms with van der Waals surface area (Å²) in [4.78, 5) is 11.6.